The number of piperazine rings is 1. The molecule has 1 saturated heterocycles. The van der Waals surface area contributed by atoms with Gasteiger partial charge in [0.15, 0.2) is 0 Å². The van der Waals surface area contributed by atoms with E-state index in [1.807, 2.05) is 0 Å². The van der Waals surface area contributed by atoms with Crippen LogP contribution in [0.15, 0.2) is 18.2 Å². The van der Waals surface area contributed by atoms with Crippen molar-refractivity contribution in [3.05, 3.63) is 33.8 Å². The number of nitrogens with one attached hydrogen (secondary N) is 1. The molecule has 1 N–H and O–H groups in total. The van der Waals surface area contributed by atoms with Crippen molar-refractivity contribution in [1.29, 1.82) is 0 Å². The maximum atomic E-state index is 12.6. The topological polar surface area (TPSA) is 15.3 Å². The fourth-order valence-corrected chi connectivity index (χ4v) is 3.14. The highest BCUT2D eigenvalue weighted by molar-refractivity contribution is 6.35. The molecule has 2 nitrogen and oxygen atoms in total. The Balaban J connectivity index is 0.00000242. The van der Waals surface area contributed by atoms with Gasteiger partial charge < -0.3 is 5.32 Å². The lowest BCUT2D eigenvalue weighted by Gasteiger charge is -2.36. The number of nitrogens with zero attached hydrogens (tertiary/aromatic N) is 1. The number of hydrogen-bond donors (Lipinski definition) is 1. The van der Waals surface area contributed by atoms with E-state index in [0.29, 0.717) is 28.7 Å². The maximum Gasteiger partial charge on any atom is 0.389 e. The minimum absolute atomic E-state index is 0. The normalized spacial score (nSPS) is 17.1. The highest BCUT2D eigenvalue weighted by atomic mass is 35.5. The summed E-state index contributed by atoms with van der Waals surface area (Å²) in [7, 11) is 0. The van der Waals surface area contributed by atoms with Gasteiger partial charge in [-0.3, -0.25) is 4.90 Å². The third-order valence-corrected chi connectivity index (χ3v) is 4.18. The summed E-state index contributed by atoms with van der Waals surface area (Å²) in [6.07, 6.45) is -4.98. The molecule has 0 amide bonds. The molecule has 0 unspecified atom stereocenters. The Labute approximate surface area is 156 Å². The largest absolute Gasteiger partial charge is 0.389 e. The van der Waals surface area contributed by atoms with Crippen molar-refractivity contribution in [2.24, 2.45) is 0 Å². The minimum Gasteiger partial charge on any atom is -0.314 e. The molecule has 1 aromatic rings. The zero-order chi connectivity index (χ0) is 15.5. The van der Waals surface area contributed by atoms with Gasteiger partial charge in [0, 0.05) is 48.7 Å². The van der Waals surface area contributed by atoms with Crippen LogP contribution in [0.1, 0.15) is 24.4 Å². The van der Waals surface area contributed by atoms with E-state index in [4.69, 9.17) is 23.2 Å². The van der Waals surface area contributed by atoms with Gasteiger partial charge in [-0.05, 0) is 24.1 Å². The Kier molecular flexibility index (Phi) is 10.2. The van der Waals surface area contributed by atoms with E-state index in [0.717, 1.165) is 13.1 Å². The first kappa shape index (κ1) is 23.1. The molecule has 1 aliphatic heterocycles. The first-order chi connectivity index (χ1) is 9.87. The van der Waals surface area contributed by atoms with Crippen molar-refractivity contribution in [2.45, 2.75) is 25.1 Å². The number of hydrogen-bond acceptors (Lipinski definition) is 2. The van der Waals surface area contributed by atoms with Gasteiger partial charge in [0.2, 0.25) is 0 Å². The van der Waals surface area contributed by atoms with E-state index in [1.165, 1.54) is 0 Å². The molecule has 1 fully saturated rings. The van der Waals surface area contributed by atoms with Crippen LogP contribution >= 0.6 is 48.0 Å². The first-order valence-electron chi connectivity index (χ1n) is 6.83. The Hall–Kier alpha value is 0.0900. The SMILES string of the molecule is Cl.Cl.FC(F)(F)CC[C@H](c1ccc(Cl)cc1Cl)N1CCNCC1. The van der Waals surface area contributed by atoms with Gasteiger partial charge >= 0.3 is 6.18 Å². The van der Waals surface area contributed by atoms with Crippen LogP contribution in [0.25, 0.3) is 0 Å². The standard InChI is InChI=1S/C14H17Cl2F3N2.2ClH/c15-10-1-2-11(12(16)9-10)13(3-4-14(17,18)19)21-7-5-20-6-8-21;;/h1-2,9,13,20H,3-8H2;2*1H/t13-;;/m1../s1. The Bertz CT molecular complexity index is 480. The summed E-state index contributed by atoms with van der Waals surface area (Å²) in [4.78, 5) is 2.05. The zero-order valence-electron chi connectivity index (χ0n) is 12.2. The first-order valence-corrected chi connectivity index (χ1v) is 7.59. The van der Waals surface area contributed by atoms with Crippen molar-refractivity contribution < 1.29 is 13.2 Å². The second kappa shape index (κ2) is 10.2. The summed E-state index contributed by atoms with van der Waals surface area (Å²) in [5.74, 6) is 0. The van der Waals surface area contributed by atoms with Crippen molar-refractivity contribution in [2.75, 3.05) is 26.2 Å². The molecule has 134 valence electrons. The van der Waals surface area contributed by atoms with E-state index < -0.39 is 12.6 Å². The van der Waals surface area contributed by atoms with Crippen LogP contribution in [0.5, 0.6) is 0 Å². The third kappa shape index (κ3) is 7.24. The molecule has 0 aliphatic carbocycles. The van der Waals surface area contributed by atoms with E-state index in [9.17, 15) is 13.2 Å². The summed E-state index contributed by atoms with van der Waals surface area (Å²) in [5.41, 5.74) is 0.715. The summed E-state index contributed by atoms with van der Waals surface area (Å²) < 4.78 is 37.7. The lowest BCUT2D eigenvalue weighted by Crippen LogP contribution is -2.45. The molecule has 1 aliphatic rings. The molecule has 0 spiro atoms. The van der Waals surface area contributed by atoms with Gasteiger partial charge in [-0.25, -0.2) is 0 Å². The number of alkyl halides is 3. The van der Waals surface area contributed by atoms with Crippen molar-refractivity contribution in [3.8, 4) is 0 Å². The Morgan fingerprint density at radius 2 is 1.74 bits per heavy atom. The van der Waals surface area contributed by atoms with Crippen LogP contribution < -0.4 is 5.32 Å². The quantitative estimate of drug-likeness (QED) is 0.736. The van der Waals surface area contributed by atoms with Crippen LogP contribution in [-0.2, 0) is 0 Å². The van der Waals surface area contributed by atoms with Gasteiger partial charge in [0.25, 0.3) is 0 Å². The van der Waals surface area contributed by atoms with Crippen LogP contribution in [0.4, 0.5) is 13.2 Å². The molecular weight excluding hydrogens is 395 g/mol. The molecule has 9 heteroatoms. The molecule has 0 aromatic heterocycles. The van der Waals surface area contributed by atoms with E-state index in [-0.39, 0.29) is 37.3 Å². The minimum atomic E-state index is -4.16. The molecule has 0 saturated carbocycles. The van der Waals surface area contributed by atoms with Gasteiger partial charge in [0.1, 0.15) is 0 Å². The van der Waals surface area contributed by atoms with E-state index in [1.54, 1.807) is 18.2 Å². The molecule has 2 rings (SSSR count). The van der Waals surface area contributed by atoms with Crippen LogP contribution in [0, 0.1) is 0 Å². The summed E-state index contributed by atoms with van der Waals surface area (Å²) >= 11 is 12.1. The molecule has 1 atom stereocenters. The number of rotatable bonds is 4. The number of benzene rings is 1. The Morgan fingerprint density at radius 1 is 1.13 bits per heavy atom. The van der Waals surface area contributed by atoms with Crippen LogP contribution in [0.2, 0.25) is 10.0 Å². The zero-order valence-corrected chi connectivity index (χ0v) is 15.4. The van der Waals surface area contributed by atoms with Crippen molar-refractivity contribution in [1.82, 2.24) is 10.2 Å². The average Bonchev–Trinajstić information content (AvgIpc) is 2.41. The van der Waals surface area contributed by atoms with E-state index >= 15 is 0 Å². The highest BCUT2D eigenvalue weighted by Crippen LogP contribution is 2.35. The van der Waals surface area contributed by atoms with Crippen LogP contribution in [0.3, 0.4) is 0 Å². The maximum absolute atomic E-state index is 12.6. The van der Waals surface area contributed by atoms with E-state index in [2.05, 4.69) is 10.2 Å². The highest BCUT2D eigenvalue weighted by Gasteiger charge is 2.32. The fraction of sp³-hybridized carbons (Fsp3) is 0.571. The molecule has 0 radical (unpaired) electrons. The Morgan fingerprint density at radius 3 is 2.26 bits per heavy atom. The van der Waals surface area contributed by atoms with Gasteiger partial charge in [-0.1, -0.05) is 29.3 Å². The second-order valence-electron chi connectivity index (χ2n) is 5.12. The lowest BCUT2D eigenvalue weighted by molar-refractivity contribution is -0.138. The predicted octanol–water partition coefficient (Wildman–Crippen LogP) is 5.13. The lowest BCUT2D eigenvalue weighted by atomic mass is 9.99. The molecule has 0 bridgehead atoms. The number of halogens is 7. The third-order valence-electron chi connectivity index (χ3n) is 3.62. The van der Waals surface area contributed by atoms with Gasteiger partial charge in [-0.2, -0.15) is 13.2 Å². The average molecular weight is 414 g/mol. The van der Waals surface area contributed by atoms with Crippen LogP contribution in [-0.4, -0.2) is 37.3 Å². The smallest absolute Gasteiger partial charge is 0.314 e. The predicted molar refractivity (Wildman–Crippen MR) is 93.4 cm³/mol. The summed E-state index contributed by atoms with van der Waals surface area (Å²) in [5, 5.41) is 4.11. The molecule has 1 aromatic carbocycles. The monoisotopic (exact) mass is 412 g/mol. The van der Waals surface area contributed by atoms with Gasteiger partial charge in [-0.15, -0.1) is 24.8 Å². The van der Waals surface area contributed by atoms with Gasteiger partial charge in [0.05, 0.1) is 0 Å². The second-order valence-corrected chi connectivity index (χ2v) is 5.97. The van der Waals surface area contributed by atoms with Crippen molar-refractivity contribution in [3.63, 3.8) is 0 Å². The van der Waals surface area contributed by atoms with Crippen molar-refractivity contribution >= 4 is 48.0 Å². The summed E-state index contributed by atoms with van der Waals surface area (Å²) in [6.45, 7) is 2.96. The molecule has 23 heavy (non-hydrogen) atoms. The molecular formula is C14H19Cl4F3N2. The summed E-state index contributed by atoms with van der Waals surface area (Å²) in [6, 6.07) is 4.65. The fourth-order valence-electron chi connectivity index (χ4n) is 2.60. The molecule has 1 heterocycles.